The summed E-state index contributed by atoms with van der Waals surface area (Å²) in [5.41, 5.74) is 2.10. The zero-order valence-electron chi connectivity index (χ0n) is 16.6. The van der Waals surface area contributed by atoms with Crippen LogP contribution in [-0.4, -0.2) is 32.6 Å². The Hall–Kier alpha value is -3.15. The van der Waals surface area contributed by atoms with E-state index in [1.807, 2.05) is 6.07 Å². The van der Waals surface area contributed by atoms with Gasteiger partial charge in [0.15, 0.2) is 17.3 Å². The number of esters is 1. The van der Waals surface area contributed by atoms with Crippen molar-refractivity contribution in [3.8, 4) is 11.5 Å². The summed E-state index contributed by atoms with van der Waals surface area (Å²) in [6.07, 6.45) is 1.85. The van der Waals surface area contributed by atoms with E-state index in [0.29, 0.717) is 23.5 Å². The fourth-order valence-electron chi connectivity index (χ4n) is 3.67. The van der Waals surface area contributed by atoms with E-state index in [9.17, 15) is 14.0 Å². The Labute approximate surface area is 169 Å². The van der Waals surface area contributed by atoms with Crippen LogP contribution in [-0.2, 0) is 14.3 Å². The zero-order chi connectivity index (χ0) is 21.0. The monoisotopic (exact) mass is 398 g/mol. The van der Waals surface area contributed by atoms with Gasteiger partial charge >= 0.3 is 5.97 Å². The fraction of sp³-hybridized carbons (Fsp3) is 0.304. The molecule has 0 saturated carbocycles. The molecule has 0 aromatic heterocycles. The first-order chi connectivity index (χ1) is 14.0. The highest BCUT2D eigenvalue weighted by Gasteiger charge is 2.40. The molecule has 0 unspecified atom stereocenters. The van der Waals surface area contributed by atoms with E-state index in [1.165, 1.54) is 25.3 Å². The number of benzene rings is 2. The summed E-state index contributed by atoms with van der Waals surface area (Å²) in [6.45, 7) is 1.86. The Morgan fingerprint density at radius 1 is 1.10 bits per heavy atom. The Morgan fingerprint density at radius 3 is 2.52 bits per heavy atom. The Balaban J connectivity index is 2.04. The van der Waals surface area contributed by atoms with E-state index in [4.69, 9.17) is 14.2 Å². The molecule has 3 rings (SSSR count). The molecular weight excluding hydrogens is 375 g/mol. The number of ketones is 1. The highest BCUT2D eigenvalue weighted by Crippen LogP contribution is 2.42. The van der Waals surface area contributed by atoms with Gasteiger partial charge in [0.1, 0.15) is 11.7 Å². The van der Waals surface area contributed by atoms with Crippen molar-refractivity contribution in [2.24, 2.45) is 5.92 Å². The molecule has 0 saturated heterocycles. The van der Waals surface area contributed by atoms with E-state index >= 15 is 0 Å². The summed E-state index contributed by atoms with van der Waals surface area (Å²) in [7, 11) is 3.08. The van der Waals surface area contributed by atoms with Crippen LogP contribution in [0.2, 0.25) is 0 Å². The van der Waals surface area contributed by atoms with Gasteiger partial charge in [-0.2, -0.15) is 0 Å². The first kappa shape index (κ1) is 20.6. The predicted octanol–water partition coefficient (Wildman–Crippen LogP) is 4.16. The minimum Gasteiger partial charge on any atom is -0.493 e. The Kier molecular flexibility index (Phi) is 6.32. The van der Waals surface area contributed by atoms with Gasteiger partial charge < -0.3 is 14.2 Å². The Morgan fingerprint density at radius 2 is 1.86 bits per heavy atom. The van der Waals surface area contributed by atoms with Crippen molar-refractivity contribution in [2.75, 3.05) is 20.8 Å². The van der Waals surface area contributed by atoms with Gasteiger partial charge in [-0.05, 0) is 60.4 Å². The van der Waals surface area contributed by atoms with Crippen LogP contribution in [0.25, 0.3) is 5.57 Å². The molecule has 0 bridgehead atoms. The summed E-state index contributed by atoms with van der Waals surface area (Å²) in [4.78, 5) is 25.4. The van der Waals surface area contributed by atoms with Gasteiger partial charge in [-0.15, -0.1) is 0 Å². The zero-order valence-corrected chi connectivity index (χ0v) is 16.6. The second-order valence-corrected chi connectivity index (χ2v) is 6.74. The molecule has 0 radical (unpaired) electrons. The van der Waals surface area contributed by atoms with E-state index in [1.54, 1.807) is 38.3 Å². The molecule has 0 heterocycles. The second kappa shape index (κ2) is 8.90. The second-order valence-electron chi connectivity index (χ2n) is 6.74. The largest absolute Gasteiger partial charge is 0.493 e. The van der Waals surface area contributed by atoms with Crippen LogP contribution in [0.15, 0.2) is 48.5 Å². The number of rotatable bonds is 6. The number of halogens is 1. The van der Waals surface area contributed by atoms with Gasteiger partial charge in [-0.3, -0.25) is 9.59 Å². The maximum Gasteiger partial charge on any atom is 0.317 e. The summed E-state index contributed by atoms with van der Waals surface area (Å²) in [6, 6.07) is 11.4. The van der Waals surface area contributed by atoms with Crippen molar-refractivity contribution in [2.45, 2.75) is 19.3 Å². The van der Waals surface area contributed by atoms with Crippen molar-refractivity contribution in [1.82, 2.24) is 0 Å². The molecule has 1 aliphatic rings. The lowest BCUT2D eigenvalue weighted by molar-refractivity contribution is -0.151. The standard InChI is InChI=1S/C23H23FO5/c1-4-29-23(26)22-18(15-6-5-7-17(24)10-15)11-16(12-19(22)25)14-8-9-20(27-2)21(13-14)28-3/h5-10,12-13,18,22H,4,11H2,1-3H3/t18-,22-/m1/s1. The van der Waals surface area contributed by atoms with Crippen molar-refractivity contribution in [1.29, 1.82) is 0 Å². The third-order valence-electron chi connectivity index (χ3n) is 5.04. The third kappa shape index (κ3) is 4.31. The summed E-state index contributed by atoms with van der Waals surface area (Å²) >= 11 is 0. The van der Waals surface area contributed by atoms with Crippen LogP contribution in [0.3, 0.4) is 0 Å². The number of carbonyl (C=O) groups excluding carboxylic acids is 2. The quantitative estimate of drug-likeness (QED) is 0.540. The van der Waals surface area contributed by atoms with Crippen molar-refractivity contribution < 1.29 is 28.2 Å². The number of hydrogen-bond acceptors (Lipinski definition) is 5. The van der Waals surface area contributed by atoms with Crippen LogP contribution in [0.4, 0.5) is 4.39 Å². The maximum atomic E-state index is 13.9. The van der Waals surface area contributed by atoms with Gasteiger partial charge in [0.2, 0.25) is 0 Å². The highest BCUT2D eigenvalue weighted by atomic mass is 19.1. The van der Waals surface area contributed by atoms with E-state index in [0.717, 1.165) is 11.1 Å². The maximum absolute atomic E-state index is 13.9. The van der Waals surface area contributed by atoms with Gasteiger partial charge in [-0.25, -0.2) is 4.39 Å². The molecule has 5 nitrogen and oxygen atoms in total. The van der Waals surface area contributed by atoms with E-state index in [2.05, 4.69) is 0 Å². The van der Waals surface area contributed by atoms with Crippen molar-refractivity contribution in [3.05, 3.63) is 65.5 Å². The normalized spacial score (nSPS) is 18.8. The lowest BCUT2D eigenvalue weighted by Crippen LogP contribution is -2.34. The Bertz CT molecular complexity index is 950. The van der Waals surface area contributed by atoms with E-state index in [-0.39, 0.29) is 12.4 Å². The minimum absolute atomic E-state index is 0.171. The van der Waals surface area contributed by atoms with Crippen LogP contribution >= 0.6 is 0 Å². The van der Waals surface area contributed by atoms with E-state index < -0.39 is 23.6 Å². The van der Waals surface area contributed by atoms with Crippen LogP contribution < -0.4 is 9.47 Å². The molecule has 2 aromatic rings. The topological polar surface area (TPSA) is 61.8 Å². The molecule has 1 aliphatic carbocycles. The first-order valence-corrected chi connectivity index (χ1v) is 9.37. The average Bonchev–Trinajstić information content (AvgIpc) is 2.72. The molecule has 152 valence electrons. The summed E-state index contributed by atoms with van der Waals surface area (Å²) in [5, 5.41) is 0. The SMILES string of the molecule is CCOC(=O)[C@H]1C(=O)C=C(c2ccc(OC)c(OC)c2)C[C@@H]1c1cccc(F)c1. The predicted molar refractivity (Wildman–Crippen MR) is 106 cm³/mol. The molecule has 0 aliphatic heterocycles. The molecule has 6 heteroatoms. The lowest BCUT2D eigenvalue weighted by Gasteiger charge is -2.29. The smallest absolute Gasteiger partial charge is 0.317 e. The molecule has 0 fully saturated rings. The van der Waals surface area contributed by atoms with Crippen molar-refractivity contribution >= 4 is 17.3 Å². The first-order valence-electron chi connectivity index (χ1n) is 9.37. The van der Waals surface area contributed by atoms with Gasteiger partial charge in [0, 0.05) is 5.92 Å². The fourth-order valence-corrected chi connectivity index (χ4v) is 3.67. The molecule has 29 heavy (non-hydrogen) atoms. The highest BCUT2D eigenvalue weighted by molar-refractivity contribution is 6.10. The van der Waals surface area contributed by atoms with Gasteiger partial charge in [-0.1, -0.05) is 18.2 Å². The molecule has 0 spiro atoms. The van der Waals surface area contributed by atoms with Crippen LogP contribution in [0, 0.1) is 11.7 Å². The molecule has 0 N–H and O–H groups in total. The van der Waals surface area contributed by atoms with Crippen LogP contribution in [0.1, 0.15) is 30.4 Å². The van der Waals surface area contributed by atoms with Crippen molar-refractivity contribution in [3.63, 3.8) is 0 Å². The number of ether oxygens (including phenoxy) is 3. The third-order valence-corrected chi connectivity index (χ3v) is 5.04. The number of carbonyl (C=O) groups is 2. The van der Waals surface area contributed by atoms with Gasteiger partial charge in [0.05, 0.1) is 20.8 Å². The summed E-state index contributed by atoms with van der Waals surface area (Å²) in [5.74, 6) is -1.77. The van der Waals surface area contributed by atoms with Gasteiger partial charge in [0.25, 0.3) is 0 Å². The number of allylic oxidation sites excluding steroid dienone is 2. The average molecular weight is 398 g/mol. The molecule has 2 atom stereocenters. The molecular formula is C23H23FO5. The van der Waals surface area contributed by atoms with Crippen LogP contribution in [0.5, 0.6) is 11.5 Å². The lowest BCUT2D eigenvalue weighted by atomic mass is 9.73. The minimum atomic E-state index is -0.999. The molecule has 0 amide bonds. The number of methoxy groups -OCH3 is 2. The summed E-state index contributed by atoms with van der Waals surface area (Å²) < 4.78 is 29.6. The number of hydrogen-bond donors (Lipinski definition) is 0. The molecule has 2 aromatic carbocycles.